The number of carbonyl (C=O) groups is 3. The average Bonchev–Trinajstić information content (AvgIpc) is 2.79. The van der Waals surface area contributed by atoms with Gasteiger partial charge < -0.3 is 10.0 Å². The van der Waals surface area contributed by atoms with Crippen LogP contribution in [0.2, 0.25) is 10.0 Å². The highest BCUT2D eigenvalue weighted by molar-refractivity contribution is 6.42. The van der Waals surface area contributed by atoms with Crippen LogP contribution in [0.1, 0.15) is 18.1 Å². The quantitative estimate of drug-likeness (QED) is 0.779. The summed E-state index contributed by atoms with van der Waals surface area (Å²) in [6.45, 7) is 1.65. The van der Waals surface area contributed by atoms with E-state index in [1.54, 1.807) is 44.3 Å². The summed E-state index contributed by atoms with van der Waals surface area (Å²) < 4.78 is 0. The Balaban J connectivity index is 2.00. The molecule has 27 heavy (non-hydrogen) atoms. The van der Waals surface area contributed by atoms with E-state index in [2.05, 4.69) is 0 Å². The molecule has 0 bridgehead atoms. The van der Waals surface area contributed by atoms with E-state index in [4.69, 9.17) is 28.3 Å². The molecule has 1 unspecified atom stereocenters. The lowest BCUT2D eigenvalue weighted by Gasteiger charge is -2.29. The fourth-order valence-corrected chi connectivity index (χ4v) is 3.37. The molecule has 1 atom stereocenters. The minimum absolute atomic E-state index is 0.116. The highest BCUT2D eigenvalue weighted by atomic mass is 35.5. The molecule has 0 spiro atoms. The molecule has 3 rings (SSSR count). The lowest BCUT2D eigenvalue weighted by molar-refractivity contribution is -0.136. The second-order valence-corrected chi connectivity index (χ2v) is 7.23. The third-order valence-electron chi connectivity index (χ3n) is 4.80. The Morgan fingerprint density at radius 2 is 1.70 bits per heavy atom. The molecule has 2 aromatic rings. The van der Waals surface area contributed by atoms with Crippen LogP contribution in [0, 0.1) is 0 Å². The summed E-state index contributed by atoms with van der Waals surface area (Å²) in [6.07, 6.45) is -0.116. The van der Waals surface area contributed by atoms with Crippen molar-refractivity contribution in [2.45, 2.75) is 18.9 Å². The van der Waals surface area contributed by atoms with Gasteiger partial charge in [0.15, 0.2) is 0 Å². The van der Waals surface area contributed by atoms with Crippen molar-refractivity contribution in [1.82, 2.24) is 4.90 Å². The van der Waals surface area contributed by atoms with Gasteiger partial charge in [-0.15, -0.1) is 0 Å². The number of likely N-dealkylation sites (N-methyl/N-ethyl adjacent to an activating group) is 1. The number of nitrogens with zero attached hydrogens (tertiary/aromatic N) is 2. The second-order valence-electron chi connectivity index (χ2n) is 6.42. The number of hydrogen-bond donors (Lipinski definition) is 1. The summed E-state index contributed by atoms with van der Waals surface area (Å²) in [7, 11) is 1.54. The number of benzene rings is 2. The summed E-state index contributed by atoms with van der Waals surface area (Å²) in [5.41, 5.74) is 0.290. The van der Waals surface area contributed by atoms with Gasteiger partial charge in [-0.2, -0.15) is 0 Å². The number of carbonyl (C=O) groups excluding carboxylic acids is 2. The van der Waals surface area contributed by atoms with Gasteiger partial charge >= 0.3 is 12.0 Å². The molecule has 0 aliphatic carbocycles. The first-order valence-electron chi connectivity index (χ1n) is 8.05. The average molecular weight is 407 g/mol. The number of halogens is 2. The second kappa shape index (κ2) is 6.87. The number of hydrogen-bond acceptors (Lipinski definition) is 3. The Kier molecular flexibility index (Phi) is 4.88. The van der Waals surface area contributed by atoms with Gasteiger partial charge in [-0.1, -0.05) is 47.5 Å². The molecule has 1 aliphatic heterocycles. The number of anilines is 1. The van der Waals surface area contributed by atoms with E-state index in [0.717, 1.165) is 4.90 Å². The van der Waals surface area contributed by atoms with Crippen LogP contribution in [0.25, 0.3) is 0 Å². The van der Waals surface area contributed by atoms with Crippen molar-refractivity contribution >= 4 is 46.8 Å². The lowest BCUT2D eigenvalue weighted by Crippen LogP contribution is -2.42. The van der Waals surface area contributed by atoms with Gasteiger partial charge in [0.2, 0.25) is 0 Å². The highest BCUT2D eigenvalue weighted by Gasteiger charge is 2.54. The molecule has 1 saturated heterocycles. The number of carboxylic acids is 1. The number of imide groups is 1. The first-order chi connectivity index (χ1) is 12.7. The van der Waals surface area contributed by atoms with Gasteiger partial charge in [-0.25, -0.2) is 9.69 Å². The molecule has 0 aromatic heterocycles. The summed E-state index contributed by atoms with van der Waals surface area (Å²) in [4.78, 5) is 39.2. The smallest absolute Gasteiger partial charge is 0.332 e. The molecule has 3 amide bonds. The van der Waals surface area contributed by atoms with Gasteiger partial charge in [0.1, 0.15) is 5.54 Å². The third-order valence-corrected chi connectivity index (χ3v) is 5.54. The third kappa shape index (κ3) is 3.15. The van der Waals surface area contributed by atoms with Gasteiger partial charge in [-0.3, -0.25) is 9.59 Å². The molecule has 1 heterocycles. The summed E-state index contributed by atoms with van der Waals surface area (Å²) in [6, 6.07) is 10.7. The topological polar surface area (TPSA) is 77.9 Å². The van der Waals surface area contributed by atoms with Crippen LogP contribution >= 0.6 is 23.2 Å². The van der Waals surface area contributed by atoms with Gasteiger partial charge in [0.25, 0.3) is 5.91 Å². The van der Waals surface area contributed by atoms with Crippen molar-refractivity contribution < 1.29 is 19.5 Å². The van der Waals surface area contributed by atoms with Crippen molar-refractivity contribution in [3.05, 3.63) is 63.6 Å². The minimum atomic E-state index is -1.23. The standard InChI is InChI=1S/C19H16Cl2N2O4/c1-19(12-5-3-11(4-6-12)9-16(24)25)17(26)23(18(27)22(19)2)13-7-8-14(20)15(21)10-13/h3-8,10H,9H2,1-2H3,(H,24,25). The number of carboxylic acid groups (broad SMARTS) is 1. The van der Waals surface area contributed by atoms with Crippen molar-refractivity contribution in [3.8, 4) is 0 Å². The van der Waals surface area contributed by atoms with Crippen molar-refractivity contribution in [3.63, 3.8) is 0 Å². The maximum absolute atomic E-state index is 13.2. The lowest BCUT2D eigenvalue weighted by atomic mass is 9.89. The molecule has 1 aliphatic rings. The van der Waals surface area contributed by atoms with Crippen LogP contribution in [0.5, 0.6) is 0 Å². The number of aliphatic carboxylic acids is 1. The Bertz CT molecular complexity index is 945. The predicted molar refractivity (Wildman–Crippen MR) is 102 cm³/mol. The molecule has 6 nitrogen and oxygen atoms in total. The van der Waals surface area contributed by atoms with Crippen LogP contribution in [0.15, 0.2) is 42.5 Å². The molecular weight excluding hydrogens is 391 g/mol. The van der Waals surface area contributed by atoms with Crippen LogP contribution in [0.4, 0.5) is 10.5 Å². The van der Waals surface area contributed by atoms with Gasteiger partial charge in [0, 0.05) is 7.05 Å². The number of amides is 3. The van der Waals surface area contributed by atoms with Crippen LogP contribution in [-0.2, 0) is 21.5 Å². The summed E-state index contributed by atoms with van der Waals surface area (Å²) >= 11 is 11.9. The zero-order chi connectivity index (χ0) is 19.9. The molecule has 140 valence electrons. The highest BCUT2D eigenvalue weighted by Crippen LogP contribution is 2.39. The van der Waals surface area contributed by atoms with Gasteiger partial charge in [0.05, 0.1) is 22.2 Å². The van der Waals surface area contributed by atoms with Crippen LogP contribution in [0.3, 0.4) is 0 Å². The number of urea groups is 1. The largest absolute Gasteiger partial charge is 0.481 e. The normalized spacial score (nSPS) is 19.7. The maximum atomic E-state index is 13.2. The van der Waals surface area contributed by atoms with Crippen molar-refractivity contribution in [1.29, 1.82) is 0 Å². The first kappa shape index (κ1) is 19.2. The molecule has 1 fully saturated rings. The number of rotatable bonds is 4. The van der Waals surface area contributed by atoms with E-state index >= 15 is 0 Å². The maximum Gasteiger partial charge on any atom is 0.332 e. The minimum Gasteiger partial charge on any atom is -0.481 e. The fourth-order valence-electron chi connectivity index (χ4n) is 3.08. The molecule has 8 heteroatoms. The monoisotopic (exact) mass is 406 g/mol. The Morgan fingerprint density at radius 3 is 2.26 bits per heavy atom. The van der Waals surface area contributed by atoms with E-state index < -0.39 is 23.4 Å². The van der Waals surface area contributed by atoms with E-state index in [-0.39, 0.29) is 11.4 Å². The van der Waals surface area contributed by atoms with Crippen molar-refractivity contribution in [2.75, 3.05) is 11.9 Å². The van der Waals surface area contributed by atoms with Crippen LogP contribution in [-0.4, -0.2) is 35.0 Å². The molecule has 0 saturated carbocycles. The van der Waals surface area contributed by atoms with E-state index in [0.29, 0.717) is 21.8 Å². The predicted octanol–water partition coefficient (Wildman–Crippen LogP) is 3.93. The van der Waals surface area contributed by atoms with E-state index in [1.165, 1.54) is 17.0 Å². The summed E-state index contributed by atoms with van der Waals surface area (Å²) in [5.74, 6) is -1.37. The molecule has 1 N–H and O–H groups in total. The Hall–Kier alpha value is -2.57. The molecule has 0 radical (unpaired) electrons. The summed E-state index contributed by atoms with van der Waals surface area (Å²) in [5, 5.41) is 9.45. The SMILES string of the molecule is CN1C(=O)N(c2ccc(Cl)c(Cl)c2)C(=O)C1(C)c1ccc(CC(=O)O)cc1. The van der Waals surface area contributed by atoms with Crippen LogP contribution < -0.4 is 4.90 Å². The van der Waals surface area contributed by atoms with E-state index in [9.17, 15) is 14.4 Å². The van der Waals surface area contributed by atoms with E-state index in [1.807, 2.05) is 0 Å². The van der Waals surface area contributed by atoms with Gasteiger partial charge in [-0.05, 0) is 36.2 Å². The Morgan fingerprint density at radius 1 is 1.07 bits per heavy atom. The van der Waals surface area contributed by atoms with Crippen molar-refractivity contribution in [2.24, 2.45) is 0 Å². The Labute approximate surface area is 165 Å². The first-order valence-corrected chi connectivity index (χ1v) is 8.80. The molecule has 2 aromatic carbocycles. The zero-order valence-electron chi connectivity index (χ0n) is 14.6. The molecular formula is C19H16Cl2N2O4. The fraction of sp³-hybridized carbons (Fsp3) is 0.211. The zero-order valence-corrected chi connectivity index (χ0v) is 16.1.